The van der Waals surface area contributed by atoms with E-state index in [2.05, 4.69) is 36.2 Å². The van der Waals surface area contributed by atoms with E-state index in [9.17, 15) is 0 Å². The second-order valence-electron chi connectivity index (χ2n) is 4.02. The Kier molecular flexibility index (Phi) is 4.75. The molecule has 0 aliphatic heterocycles. The first-order valence-corrected chi connectivity index (χ1v) is 5.68. The van der Waals surface area contributed by atoms with Gasteiger partial charge in [-0.15, -0.1) is 0 Å². The molecule has 86 valence electrons. The monoisotopic (exact) mass is 211 g/mol. The van der Waals surface area contributed by atoms with Gasteiger partial charge in [-0.25, -0.2) is 0 Å². The number of aryl methyl sites for hydroxylation is 1. The zero-order valence-corrected chi connectivity index (χ0v) is 10.1. The van der Waals surface area contributed by atoms with E-state index in [0.717, 1.165) is 31.0 Å². The van der Waals surface area contributed by atoms with Gasteiger partial charge in [-0.3, -0.25) is 0 Å². The fraction of sp³-hybridized carbons (Fsp3) is 0.818. The fourth-order valence-corrected chi connectivity index (χ4v) is 1.35. The van der Waals surface area contributed by atoms with Crippen LogP contribution in [0.1, 0.15) is 51.2 Å². The van der Waals surface area contributed by atoms with Crippen molar-refractivity contribution < 1.29 is 4.52 Å². The Morgan fingerprint density at radius 3 is 2.73 bits per heavy atom. The molecule has 15 heavy (non-hydrogen) atoms. The molecule has 0 aliphatic rings. The lowest BCUT2D eigenvalue weighted by Crippen LogP contribution is -2.27. The molecule has 4 heteroatoms. The Morgan fingerprint density at radius 2 is 2.13 bits per heavy atom. The van der Waals surface area contributed by atoms with Gasteiger partial charge in [0.15, 0.2) is 5.82 Å². The first-order chi connectivity index (χ1) is 7.19. The largest absolute Gasteiger partial charge is 0.339 e. The number of likely N-dealkylation sites (N-methyl/N-ethyl adjacent to an activating group) is 1. The fourth-order valence-electron chi connectivity index (χ4n) is 1.35. The molecular formula is C11H21N3O. The third-order valence-corrected chi connectivity index (χ3v) is 2.83. The molecule has 4 nitrogen and oxygen atoms in total. The summed E-state index contributed by atoms with van der Waals surface area (Å²) in [6.45, 7) is 6.37. The van der Waals surface area contributed by atoms with Crippen molar-refractivity contribution in [3.63, 3.8) is 0 Å². The molecule has 1 aromatic rings. The summed E-state index contributed by atoms with van der Waals surface area (Å²) in [6.07, 6.45) is 3.20. The van der Waals surface area contributed by atoms with Gasteiger partial charge in [-0.1, -0.05) is 25.4 Å². The van der Waals surface area contributed by atoms with Crippen LogP contribution in [0, 0.1) is 0 Å². The molecule has 0 saturated carbocycles. The van der Waals surface area contributed by atoms with E-state index in [1.807, 2.05) is 7.05 Å². The summed E-state index contributed by atoms with van der Waals surface area (Å²) in [4.78, 5) is 4.40. The molecular weight excluding hydrogens is 190 g/mol. The second-order valence-corrected chi connectivity index (χ2v) is 4.02. The van der Waals surface area contributed by atoms with Gasteiger partial charge in [0.25, 0.3) is 0 Å². The van der Waals surface area contributed by atoms with E-state index in [1.54, 1.807) is 0 Å². The summed E-state index contributed by atoms with van der Waals surface area (Å²) in [6, 6.07) is 0.351. The maximum absolute atomic E-state index is 5.25. The molecule has 0 radical (unpaired) electrons. The maximum atomic E-state index is 5.25. The van der Waals surface area contributed by atoms with Crippen molar-refractivity contribution in [3.05, 3.63) is 11.7 Å². The van der Waals surface area contributed by atoms with Gasteiger partial charge in [0.1, 0.15) is 0 Å². The van der Waals surface area contributed by atoms with Crippen LogP contribution in [0.25, 0.3) is 0 Å². The molecule has 1 rings (SSSR count). The predicted molar refractivity (Wildman–Crippen MR) is 59.8 cm³/mol. The third-order valence-electron chi connectivity index (χ3n) is 2.83. The lowest BCUT2D eigenvalue weighted by atomic mass is 10.0. The summed E-state index contributed by atoms with van der Waals surface area (Å²) in [5.41, 5.74) is 0. The first kappa shape index (κ1) is 12.2. The SMILES string of the molecule is CCCCc1noc(C(C)C(C)NC)n1. The Hall–Kier alpha value is -0.900. The summed E-state index contributed by atoms with van der Waals surface area (Å²) in [7, 11) is 1.94. The standard InChI is InChI=1S/C11H21N3O/c1-5-6-7-10-13-11(15-14-10)8(2)9(3)12-4/h8-9,12H,5-7H2,1-4H3. The topological polar surface area (TPSA) is 51.0 Å². The van der Waals surface area contributed by atoms with Crippen molar-refractivity contribution in [2.45, 2.75) is 52.0 Å². The molecule has 0 bridgehead atoms. The number of rotatable bonds is 6. The lowest BCUT2D eigenvalue weighted by molar-refractivity contribution is 0.333. The number of hydrogen-bond donors (Lipinski definition) is 1. The maximum Gasteiger partial charge on any atom is 0.231 e. The normalized spacial score (nSPS) is 15.2. The Labute approximate surface area is 91.5 Å². The molecule has 0 aliphatic carbocycles. The molecule has 0 saturated heterocycles. The van der Waals surface area contributed by atoms with Gasteiger partial charge in [0.05, 0.1) is 5.92 Å². The van der Waals surface area contributed by atoms with Crippen LogP contribution in [0.4, 0.5) is 0 Å². The highest BCUT2D eigenvalue weighted by molar-refractivity contribution is 4.96. The summed E-state index contributed by atoms with van der Waals surface area (Å²) in [5.74, 6) is 1.84. The van der Waals surface area contributed by atoms with Crippen LogP contribution < -0.4 is 5.32 Å². The highest BCUT2D eigenvalue weighted by atomic mass is 16.5. The van der Waals surface area contributed by atoms with Crippen LogP contribution in [-0.4, -0.2) is 23.2 Å². The second kappa shape index (κ2) is 5.85. The van der Waals surface area contributed by atoms with Crippen molar-refractivity contribution in [3.8, 4) is 0 Å². The number of unbranched alkanes of at least 4 members (excludes halogenated alkanes) is 1. The highest BCUT2D eigenvalue weighted by Gasteiger charge is 2.18. The zero-order valence-electron chi connectivity index (χ0n) is 10.1. The van der Waals surface area contributed by atoms with Crippen LogP contribution in [0.5, 0.6) is 0 Å². The van der Waals surface area contributed by atoms with E-state index in [1.165, 1.54) is 0 Å². The first-order valence-electron chi connectivity index (χ1n) is 5.68. The Balaban J connectivity index is 2.58. The van der Waals surface area contributed by atoms with Crippen LogP contribution in [-0.2, 0) is 6.42 Å². The van der Waals surface area contributed by atoms with Gasteiger partial charge >= 0.3 is 0 Å². The van der Waals surface area contributed by atoms with Gasteiger partial charge in [0, 0.05) is 12.5 Å². The molecule has 1 N–H and O–H groups in total. The van der Waals surface area contributed by atoms with Crippen molar-refractivity contribution >= 4 is 0 Å². The third kappa shape index (κ3) is 3.30. The Morgan fingerprint density at radius 1 is 1.40 bits per heavy atom. The highest BCUT2D eigenvalue weighted by Crippen LogP contribution is 2.17. The molecule has 2 atom stereocenters. The van der Waals surface area contributed by atoms with E-state index in [-0.39, 0.29) is 5.92 Å². The quantitative estimate of drug-likeness (QED) is 0.783. The average Bonchev–Trinajstić information content (AvgIpc) is 2.72. The molecule has 1 aromatic heterocycles. The van der Waals surface area contributed by atoms with E-state index in [4.69, 9.17) is 4.52 Å². The number of hydrogen-bond acceptors (Lipinski definition) is 4. The molecule has 0 fully saturated rings. The zero-order chi connectivity index (χ0) is 11.3. The lowest BCUT2D eigenvalue weighted by Gasteiger charge is -2.14. The minimum absolute atomic E-state index is 0.262. The van der Waals surface area contributed by atoms with Crippen LogP contribution in [0.3, 0.4) is 0 Å². The molecule has 0 aromatic carbocycles. The average molecular weight is 211 g/mol. The number of aromatic nitrogens is 2. The van der Waals surface area contributed by atoms with Crippen LogP contribution in [0.15, 0.2) is 4.52 Å². The van der Waals surface area contributed by atoms with Gasteiger partial charge in [-0.05, 0) is 20.4 Å². The Bertz CT molecular complexity index is 285. The molecule has 0 amide bonds. The van der Waals surface area contributed by atoms with Crippen LogP contribution in [0.2, 0.25) is 0 Å². The summed E-state index contributed by atoms with van der Waals surface area (Å²) in [5, 5.41) is 7.17. The number of nitrogens with zero attached hydrogens (tertiary/aromatic N) is 2. The van der Waals surface area contributed by atoms with E-state index >= 15 is 0 Å². The van der Waals surface area contributed by atoms with Crippen molar-refractivity contribution in [2.24, 2.45) is 0 Å². The summed E-state index contributed by atoms with van der Waals surface area (Å²) >= 11 is 0. The van der Waals surface area contributed by atoms with Crippen molar-refractivity contribution in [1.82, 2.24) is 15.5 Å². The van der Waals surface area contributed by atoms with E-state index in [0.29, 0.717) is 6.04 Å². The van der Waals surface area contributed by atoms with Gasteiger partial charge in [0.2, 0.25) is 5.89 Å². The molecule has 1 heterocycles. The van der Waals surface area contributed by atoms with Crippen LogP contribution >= 0.6 is 0 Å². The summed E-state index contributed by atoms with van der Waals surface area (Å²) < 4.78 is 5.25. The molecule has 2 unspecified atom stereocenters. The smallest absolute Gasteiger partial charge is 0.231 e. The predicted octanol–water partition coefficient (Wildman–Crippen LogP) is 2.12. The number of nitrogens with one attached hydrogen (secondary N) is 1. The van der Waals surface area contributed by atoms with E-state index < -0.39 is 0 Å². The van der Waals surface area contributed by atoms with Gasteiger partial charge < -0.3 is 9.84 Å². The van der Waals surface area contributed by atoms with Crippen molar-refractivity contribution in [2.75, 3.05) is 7.05 Å². The molecule has 0 spiro atoms. The van der Waals surface area contributed by atoms with Crippen molar-refractivity contribution in [1.29, 1.82) is 0 Å². The minimum atomic E-state index is 0.262. The van der Waals surface area contributed by atoms with Gasteiger partial charge in [-0.2, -0.15) is 4.98 Å². The minimum Gasteiger partial charge on any atom is -0.339 e.